The maximum absolute atomic E-state index is 12.6. The minimum absolute atomic E-state index is 0.233. The number of rotatable bonds is 5. The molecule has 7 nitrogen and oxygen atoms in total. The van der Waals surface area contributed by atoms with Gasteiger partial charge in [0.15, 0.2) is 5.82 Å². The normalized spacial score (nSPS) is 12.0. The van der Waals surface area contributed by atoms with E-state index in [1.807, 2.05) is 30.3 Å². The summed E-state index contributed by atoms with van der Waals surface area (Å²) in [6, 6.07) is 14.4. The molecular weight excluding hydrogens is 402 g/mol. The van der Waals surface area contributed by atoms with Crippen LogP contribution >= 0.6 is 11.3 Å². The summed E-state index contributed by atoms with van der Waals surface area (Å²) in [5.74, 6) is 0.843. The van der Waals surface area contributed by atoms with E-state index < -0.39 is 5.97 Å². The molecule has 2 aromatic heterocycles. The maximum Gasteiger partial charge on any atom is 0.337 e. The third kappa shape index (κ3) is 3.99. The molecule has 0 radical (unpaired) electrons. The fraction of sp³-hybridized carbons (Fsp3) is 0.0909. The molecule has 8 heteroatoms. The topological polar surface area (TPSA) is 82.8 Å². The molecule has 0 spiro atoms. The number of nitrogens with zero attached hydrogens (tertiary/aromatic N) is 3. The highest BCUT2D eigenvalue weighted by atomic mass is 32.1. The molecule has 0 atom stereocenters. The van der Waals surface area contributed by atoms with Gasteiger partial charge in [0.1, 0.15) is 5.75 Å². The van der Waals surface area contributed by atoms with E-state index in [1.54, 1.807) is 43.5 Å². The summed E-state index contributed by atoms with van der Waals surface area (Å²) in [7, 11) is 2.96. The van der Waals surface area contributed by atoms with Crippen LogP contribution in [0.2, 0.25) is 0 Å². The third-order valence-corrected chi connectivity index (χ3v) is 5.33. The van der Waals surface area contributed by atoms with Crippen molar-refractivity contribution in [2.24, 2.45) is 0 Å². The second-order valence-corrected chi connectivity index (χ2v) is 7.31. The molecule has 30 heavy (non-hydrogen) atoms. The van der Waals surface area contributed by atoms with Gasteiger partial charge >= 0.3 is 5.97 Å². The quantitative estimate of drug-likeness (QED) is 0.463. The monoisotopic (exact) mass is 419 g/mol. The van der Waals surface area contributed by atoms with Crippen molar-refractivity contribution in [3.63, 3.8) is 0 Å². The van der Waals surface area contributed by atoms with Gasteiger partial charge in [-0.05, 0) is 47.5 Å². The Morgan fingerprint density at radius 3 is 2.33 bits per heavy atom. The Labute approximate surface area is 175 Å². The molecule has 150 valence electrons. The third-order valence-electron chi connectivity index (χ3n) is 4.37. The molecular formula is C22H17N3O4S. The summed E-state index contributed by atoms with van der Waals surface area (Å²) in [5, 5.41) is 4.28. The lowest BCUT2D eigenvalue weighted by atomic mass is 10.1. The number of ether oxygens (including phenoxy) is 2. The van der Waals surface area contributed by atoms with Crippen LogP contribution in [0.15, 0.2) is 53.3 Å². The van der Waals surface area contributed by atoms with Crippen LogP contribution in [0, 0.1) is 0 Å². The molecule has 0 fully saturated rings. The molecule has 4 aromatic rings. The highest BCUT2D eigenvalue weighted by Crippen LogP contribution is 2.14. The van der Waals surface area contributed by atoms with Crippen molar-refractivity contribution in [2.45, 2.75) is 0 Å². The lowest BCUT2D eigenvalue weighted by molar-refractivity contribution is 0.0600. The van der Waals surface area contributed by atoms with E-state index >= 15 is 0 Å². The second-order valence-electron chi connectivity index (χ2n) is 6.30. The molecule has 0 amide bonds. The van der Waals surface area contributed by atoms with Crippen LogP contribution in [0.3, 0.4) is 0 Å². The van der Waals surface area contributed by atoms with Crippen LogP contribution in [-0.2, 0) is 4.74 Å². The number of esters is 1. The Morgan fingerprint density at radius 1 is 1.00 bits per heavy atom. The molecule has 4 rings (SSSR count). The van der Waals surface area contributed by atoms with Gasteiger partial charge in [0.25, 0.3) is 5.56 Å². The molecule has 0 aliphatic heterocycles. The van der Waals surface area contributed by atoms with E-state index in [0.29, 0.717) is 20.9 Å². The fourth-order valence-corrected chi connectivity index (χ4v) is 3.70. The van der Waals surface area contributed by atoms with Gasteiger partial charge in [0.2, 0.25) is 4.96 Å². The van der Waals surface area contributed by atoms with Crippen molar-refractivity contribution >= 4 is 40.5 Å². The van der Waals surface area contributed by atoms with Crippen LogP contribution < -0.4 is 14.8 Å². The summed E-state index contributed by atoms with van der Waals surface area (Å²) >= 11 is 1.26. The van der Waals surface area contributed by atoms with Gasteiger partial charge in [0.05, 0.1) is 24.3 Å². The predicted molar refractivity (Wildman–Crippen MR) is 116 cm³/mol. The van der Waals surface area contributed by atoms with Crippen LogP contribution in [-0.4, -0.2) is 34.8 Å². The summed E-state index contributed by atoms with van der Waals surface area (Å²) < 4.78 is 11.6. The highest BCUT2D eigenvalue weighted by Gasteiger charge is 2.09. The van der Waals surface area contributed by atoms with Gasteiger partial charge in [0, 0.05) is 0 Å². The van der Waals surface area contributed by atoms with Crippen molar-refractivity contribution in [3.05, 3.63) is 85.9 Å². The van der Waals surface area contributed by atoms with Crippen molar-refractivity contribution in [2.75, 3.05) is 14.2 Å². The Bertz CT molecular complexity index is 1340. The van der Waals surface area contributed by atoms with Gasteiger partial charge in [-0.15, -0.1) is 5.10 Å². The number of aromatic nitrogens is 3. The Hall–Kier alpha value is -3.78. The summed E-state index contributed by atoms with van der Waals surface area (Å²) in [6.07, 6.45) is 5.38. The van der Waals surface area contributed by atoms with Crippen LogP contribution in [0.25, 0.3) is 23.2 Å². The number of carbonyl (C=O) groups is 1. The van der Waals surface area contributed by atoms with Gasteiger partial charge in [-0.2, -0.15) is 9.50 Å². The number of benzene rings is 2. The Balaban J connectivity index is 1.59. The standard InChI is InChI=1S/C22H17N3O4S/c1-28-17-10-5-14(6-11-17)7-12-19-23-22-25(24-19)20(26)18(30-22)13-15-3-8-16(9-4-15)21(27)29-2/h3-13H,1-2H3/b12-7+,18-13+. The van der Waals surface area contributed by atoms with E-state index in [0.717, 1.165) is 16.9 Å². The van der Waals surface area contributed by atoms with Crippen LogP contribution in [0.1, 0.15) is 27.3 Å². The molecule has 0 bridgehead atoms. The first-order chi connectivity index (χ1) is 14.6. The minimum Gasteiger partial charge on any atom is -0.497 e. The second kappa shape index (κ2) is 8.30. The number of fused-ring (bicyclic) bond motifs is 1. The predicted octanol–water partition coefficient (Wildman–Crippen LogP) is 2.66. The average molecular weight is 419 g/mol. The first-order valence-electron chi connectivity index (χ1n) is 8.99. The molecule has 0 aliphatic carbocycles. The van der Waals surface area contributed by atoms with E-state index in [2.05, 4.69) is 14.8 Å². The zero-order chi connectivity index (χ0) is 21.1. The first kappa shape index (κ1) is 19.5. The van der Waals surface area contributed by atoms with Crippen molar-refractivity contribution in [1.82, 2.24) is 14.6 Å². The zero-order valence-corrected chi connectivity index (χ0v) is 17.1. The molecule has 0 N–H and O–H groups in total. The summed E-state index contributed by atoms with van der Waals surface area (Å²) in [6.45, 7) is 0. The number of carbonyl (C=O) groups excluding carboxylic acids is 1. The molecule has 2 heterocycles. The molecule has 0 saturated carbocycles. The SMILES string of the molecule is COC(=O)c1ccc(/C=c2/sc3nc(/C=C/c4ccc(OC)cc4)nn3c2=O)cc1. The van der Waals surface area contributed by atoms with Crippen LogP contribution in [0.5, 0.6) is 5.75 Å². The minimum atomic E-state index is -0.403. The number of hydrogen-bond donors (Lipinski definition) is 0. The molecule has 2 aromatic carbocycles. The van der Waals surface area contributed by atoms with E-state index in [-0.39, 0.29) is 5.56 Å². The number of hydrogen-bond acceptors (Lipinski definition) is 7. The number of methoxy groups -OCH3 is 2. The Morgan fingerprint density at radius 2 is 1.70 bits per heavy atom. The maximum atomic E-state index is 12.6. The van der Waals surface area contributed by atoms with Gasteiger partial charge < -0.3 is 9.47 Å². The summed E-state index contributed by atoms with van der Waals surface area (Å²) in [5.41, 5.74) is 1.99. The number of thiazole rings is 1. The van der Waals surface area contributed by atoms with Gasteiger partial charge in [-0.25, -0.2) is 4.79 Å². The first-order valence-corrected chi connectivity index (χ1v) is 9.81. The van der Waals surface area contributed by atoms with E-state index in [1.165, 1.54) is 23.0 Å². The van der Waals surface area contributed by atoms with Crippen LogP contribution in [0.4, 0.5) is 0 Å². The fourth-order valence-electron chi connectivity index (χ4n) is 2.79. The summed E-state index contributed by atoms with van der Waals surface area (Å²) in [4.78, 5) is 29.1. The highest BCUT2D eigenvalue weighted by molar-refractivity contribution is 7.15. The lowest BCUT2D eigenvalue weighted by Gasteiger charge is -1.98. The van der Waals surface area contributed by atoms with Crippen molar-refractivity contribution in [1.29, 1.82) is 0 Å². The molecule has 0 saturated heterocycles. The molecule has 0 unspecified atom stereocenters. The van der Waals surface area contributed by atoms with Crippen molar-refractivity contribution < 1.29 is 14.3 Å². The largest absolute Gasteiger partial charge is 0.497 e. The average Bonchev–Trinajstić information content (AvgIpc) is 3.31. The van der Waals surface area contributed by atoms with E-state index in [9.17, 15) is 9.59 Å². The zero-order valence-electron chi connectivity index (χ0n) is 16.2. The van der Waals surface area contributed by atoms with E-state index in [4.69, 9.17) is 4.74 Å². The smallest absolute Gasteiger partial charge is 0.337 e. The Kier molecular flexibility index (Phi) is 5.40. The van der Waals surface area contributed by atoms with Gasteiger partial charge in [-0.1, -0.05) is 41.7 Å². The lowest BCUT2D eigenvalue weighted by Crippen LogP contribution is -2.23. The van der Waals surface area contributed by atoms with Crippen molar-refractivity contribution in [3.8, 4) is 5.75 Å². The van der Waals surface area contributed by atoms with Gasteiger partial charge in [-0.3, -0.25) is 4.79 Å². The molecule has 0 aliphatic rings.